The molecule has 4 nitrogen and oxygen atoms in total. The number of nitrogens with two attached hydrogens (primary N) is 1. The topological polar surface area (TPSA) is 59.6 Å². The molecule has 0 amide bonds. The Bertz CT molecular complexity index is 339. The van der Waals surface area contributed by atoms with Crippen molar-refractivity contribution in [2.24, 2.45) is 22.7 Å². The normalized spacial score (nSPS) is 25.4. The number of nitrogens with zero attached hydrogens (tertiary/aromatic N) is 1. The van der Waals surface area contributed by atoms with Crippen LogP contribution in [0.25, 0.3) is 0 Å². The van der Waals surface area contributed by atoms with Crippen LogP contribution in [-0.2, 0) is 4.74 Å². The first-order valence-electron chi connectivity index (χ1n) is 5.77. The van der Waals surface area contributed by atoms with Gasteiger partial charge in [-0.3, -0.25) is 5.43 Å². The molecule has 0 saturated heterocycles. The van der Waals surface area contributed by atoms with Crippen molar-refractivity contribution in [3.05, 3.63) is 11.1 Å². The van der Waals surface area contributed by atoms with Crippen molar-refractivity contribution in [2.45, 2.75) is 26.7 Å². The SMILES string of the molecule is COCC1CC(C)=C(C)CC1/C=N/NC(N)=S. The van der Waals surface area contributed by atoms with Crippen molar-refractivity contribution in [1.82, 2.24) is 5.43 Å². The maximum Gasteiger partial charge on any atom is 0.184 e. The minimum absolute atomic E-state index is 0.198. The van der Waals surface area contributed by atoms with Crippen LogP contribution in [0.15, 0.2) is 16.2 Å². The Hall–Kier alpha value is -0.940. The summed E-state index contributed by atoms with van der Waals surface area (Å²) in [5.41, 5.74) is 10.8. The van der Waals surface area contributed by atoms with Gasteiger partial charge in [0.25, 0.3) is 0 Å². The Morgan fingerprint density at radius 2 is 2.18 bits per heavy atom. The molecule has 0 aromatic heterocycles. The van der Waals surface area contributed by atoms with Crippen molar-refractivity contribution in [3.63, 3.8) is 0 Å². The first kappa shape index (κ1) is 14.1. The zero-order valence-electron chi connectivity index (χ0n) is 10.7. The second-order valence-electron chi connectivity index (χ2n) is 4.60. The number of hydrogen-bond acceptors (Lipinski definition) is 3. The Kier molecular flexibility index (Phi) is 5.58. The van der Waals surface area contributed by atoms with E-state index < -0.39 is 0 Å². The van der Waals surface area contributed by atoms with Gasteiger partial charge >= 0.3 is 0 Å². The number of allylic oxidation sites excluding steroid dienone is 2. The summed E-state index contributed by atoms with van der Waals surface area (Å²) in [6.45, 7) is 5.13. The maximum absolute atomic E-state index is 5.32. The summed E-state index contributed by atoms with van der Waals surface area (Å²) < 4.78 is 5.27. The molecule has 1 aliphatic carbocycles. The van der Waals surface area contributed by atoms with Gasteiger partial charge in [-0.2, -0.15) is 5.10 Å². The van der Waals surface area contributed by atoms with E-state index in [2.05, 4.69) is 24.4 Å². The van der Waals surface area contributed by atoms with Gasteiger partial charge < -0.3 is 10.5 Å². The van der Waals surface area contributed by atoms with Gasteiger partial charge in [0.15, 0.2) is 5.11 Å². The zero-order chi connectivity index (χ0) is 12.8. The van der Waals surface area contributed by atoms with E-state index in [-0.39, 0.29) is 5.11 Å². The molecule has 1 aliphatic rings. The Morgan fingerprint density at radius 1 is 1.53 bits per heavy atom. The molecule has 0 fully saturated rings. The molecule has 2 atom stereocenters. The van der Waals surface area contributed by atoms with Gasteiger partial charge in [0.1, 0.15) is 0 Å². The lowest BCUT2D eigenvalue weighted by Crippen LogP contribution is -2.28. The Labute approximate surface area is 108 Å². The number of hydrazone groups is 1. The predicted molar refractivity (Wildman–Crippen MR) is 74.9 cm³/mol. The third kappa shape index (κ3) is 4.44. The second kappa shape index (κ2) is 6.71. The molecule has 0 heterocycles. The van der Waals surface area contributed by atoms with Crippen molar-refractivity contribution in [3.8, 4) is 0 Å². The van der Waals surface area contributed by atoms with Crippen LogP contribution < -0.4 is 11.2 Å². The quantitative estimate of drug-likeness (QED) is 0.348. The lowest BCUT2D eigenvalue weighted by molar-refractivity contribution is 0.132. The molecule has 1 rings (SSSR count). The lowest BCUT2D eigenvalue weighted by atomic mass is 9.77. The van der Waals surface area contributed by atoms with Crippen LogP contribution in [0.5, 0.6) is 0 Å². The molecule has 17 heavy (non-hydrogen) atoms. The van der Waals surface area contributed by atoms with Gasteiger partial charge in [0.05, 0.1) is 0 Å². The summed E-state index contributed by atoms with van der Waals surface area (Å²) in [7, 11) is 1.74. The highest BCUT2D eigenvalue weighted by atomic mass is 32.1. The van der Waals surface area contributed by atoms with Crippen LogP contribution in [0.3, 0.4) is 0 Å². The fourth-order valence-electron chi connectivity index (χ4n) is 2.18. The zero-order valence-corrected chi connectivity index (χ0v) is 11.5. The van der Waals surface area contributed by atoms with Crippen LogP contribution in [0.2, 0.25) is 0 Å². The largest absolute Gasteiger partial charge is 0.384 e. The van der Waals surface area contributed by atoms with E-state index in [1.54, 1.807) is 7.11 Å². The highest BCUT2D eigenvalue weighted by Crippen LogP contribution is 2.33. The summed E-state index contributed by atoms with van der Waals surface area (Å²) in [6.07, 6.45) is 4.00. The number of nitrogens with one attached hydrogen (secondary N) is 1. The molecule has 0 saturated carbocycles. The third-order valence-electron chi connectivity index (χ3n) is 3.27. The van der Waals surface area contributed by atoms with Crippen molar-refractivity contribution < 1.29 is 4.74 Å². The highest BCUT2D eigenvalue weighted by Gasteiger charge is 2.25. The summed E-state index contributed by atoms with van der Waals surface area (Å²) in [5, 5.41) is 4.27. The smallest absolute Gasteiger partial charge is 0.184 e. The molecule has 3 N–H and O–H groups in total. The second-order valence-corrected chi connectivity index (χ2v) is 5.04. The van der Waals surface area contributed by atoms with Crippen molar-refractivity contribution in [2.75, 3.05) is 13.7 Å². The molecular weight excluding hydrogens is 234 g/mol. The van der Waals surface area contributed by atoms with Gasteiger partial charge in [-0.05, 0) is 44.8 Å². The van der Waals surface area contributed by atoms with Crippen LogP contribution in [0.1, 0.15) is 26.7 Å². The van der Waals surface area contributed by atoms with Gasteiger partial charge in [0, 0.05) is 25.8 Å². The lowest BCUT2D eigenvalue weighted by Gasteiger charge is -2.30. The molecule has 0 bridgehead atoms. The van der Waals surface area contributed by atoms with Crippen LogP contribution in [-0.4, -0.2) is 25.0 Å². The van der Waals surface area contributed by atoms with Crippen LogP contribution >= 0.6 is 12.2 Å². The number of ether oxygens (including phenoxy) is 1. The van der Waals surface area contributed by atoms with E-state index >= 15 is 0 Å². The summed E-state index contributed by atoms with van der Waals surface area (Å²) in [5.74, 6) is 0.876. The van der Waals surface area contributed by atoms with Crippen molar-refractivity contribution >= 4 is 23.5 Å². The molecule has 0 radical (unpaired) electrons. The third-order valence-corrected chi connectivity index (χ3v) is 3.36. The van der Waals surface area contributed by atoms with E-state index in [9.17, 15) is 0 Å². The standard InChI is InChI=1S/C12H21N3OS/c1-8-4-10(6-14-15-12(13)17)11(7-16-3)5-9(8)2/h6,10-11H,4-5,7H2,1-3H3,(H3,13,15,17)/b14-6+. The average Bonchev–Trinajstić information content (AvgIpc) is 2.24. The van der Waals surface area contributed by atoms with E-state index in [0.717, 1.165) is 19.4 Å². The highest BCUT2D eigenvalue weighted by molar-refractivity contribution is 7.80. The average molecular weight is 255 g/mol. The summed E-state index contributed by atoms with van der Waals surface area (Å²) in [4.78, 5) is 0. The molecular formula is C12H21N3OS. The first-order valence-corrected chi connectivity index (χ1v) is 6.18. The van der Waals surface area contributed by atoms with Gasteiger partial charge in [0.2, 0.25) is 0 Å². The summed E-state index contributed by atoms with van der Waals surface area (Å²) >= 11 is 4.70. The van der Waals surface area contributed by atoms with Gasteiger partial charge in [-0.25, -0.2) is 0 Å². The van der Waals surface area contributed by atoms with Crippen molar-refractivity contribution in [1.29, 1.82) is 0 Å². The minimum Gasteiger partial charge on any atom is -0.384 e. The molecule has 5 heteroatoms. The monoisotopic (exact) mass is 255 g/mol. The van der Waals surface area contributed by atoms with E-state index in [4.69, 9.17) is 22.7 Å². The number of rotatable bonds is 4. The number of thiocarbonyl (C=S) groups is 1. The molecule has 2 unspecified atom stereocenters. The van der Waals surface area contributed by atoms with E-state index in [0.29, 0.717) is 11.8 Å². The number of methoxy groups -OCH3 is 1. The van der Waals surface area contributed by atoms with Crippen LogP contribution in [0.4, 0.5) is 0 Å². The van der Waals surface area contributed by atoms with E-state index in [1.165, 1.54) is 11.1 Å². The molecule has 0 aliphatic heterocycles. The first-order chi connectivity index (χ1) is 8.04. The van der Waals surface area contributed by atoms with Gasteiger partial charge in [-0.1, -0.05) is 11.1 Å². The number of hydrogen-bond donors (Lipinski definition) is 2. The Balaban J connectivity index is 2.66. The van der Waals surface area contributed by atoms with E-state index in [1.807, 2.05) is 6.21 Å². The summed E-state index contributed by atoms with van der Waals surface area (Å²) in [6, 6.07) is 0. The maximum atomic E-state index is 5.32. The molecule has 0 spiro atoms. The predicted octanol–water partition coefficient (Wildman–Crippen LogP) is 1.81. The van der Waals surface area contributed by atoms with Crippen LogP contribution in [0, 0.1) is 11.8 Å². The fourth-order valence-corrected chi connectivity index (χ4v) is 2.23. The molecule has 96 valence electrons. The molecule has 0 aromatic carbocycles. The van der Waals surface area contributed by atoms with Gasteiger partial charge in [-0.15, -0.1) is 0 Å². The Morgan fingerprint density at radius 3 is 2.76 bits per heavy atom. The minimum atomic E-state index is 0.198. The molecule has 0 aromatic rings. The fraction of sp³-hybridized carbons (Fsp3) is 0.667.